The quantitative estimate of drug-likeness (QED) is 0.373. The second kappa shape index (κ2) is 12.0. The molecular weight excluding hydrogens is 446 g/mol. The molecule has 0 bridgehead atoms. The van der Waals surface area contributed by atoms with Gasteiger partial charge in [-0.3, -0.25) is 4.79 Å². The number of hydrogen-bond acceptors (Lipinski definition) is 7. The van der Waals surface area contributed by atoms with E-state index in [0.29, 0.717) is 24.5 Å². The normalized spacial score (nSPS) is 14.2. The molecular formula is C26H31N5O2S. The molecule has 7 nitrogen and oxygen atoms in total. The van der Waals surface area contributed by atoms with Crippen LogP contribution >= 0.6 is 11.8 Å². The average molecular weight is 478 g/mol. The van der Waals surface area contributed by atoms with Gasteiger partial charge in [-0.2, -0.15) is 0 Å². The number of carbonyl (C=O) groups is 1. The summed E-state index contributed by atoms with van der Waals surface area (Å²) in [7, 11) is 3.82. The van der Waals surface area contributed by atoms with E-state index >= 15 is 0 Å². The number of rotatable bonds is 9. The molecule has 1 saturated heterocycles. The van der Waals surface area contributed by atoms with Crippen molar-refractivity contribution in [2.24, 2.45) is 0 Å². The minimum atomic E-state index is -0.0774. The first-order valence-electron chi connectivity index (χ1n) is 11.4. The zero-order valence-electron chi connectivity index (χ0n) is 19.7. The molecule has 0 radical (unpaired) electrons. The van der Waals surface area contributed by atoms with E-state index in [1.807, 2.05) is 60.7 Å². The van der Waals surface area contributed by atoms with Crippen molar-refractivity contribution in [2.75, 3.05) is 45.2 Å². The van der Waals surface area contributed by atoms with Gasteiger partial charge in [-0.15, -0.1) is 0 Å². The fraction of sp³-hybridized carbons (Fsp3) is 0.346. The monoisotopic (exact) mass is 477 g/mol. The van der Waals surface area contributed by atoms with Gasteiger partial charge in [0.1, 0.15) is 5.82 Å². The molecule has 0 spiro atoms. The van der Waals surface area contributed by atoms with E-state index in [1.165, 1.54) is 0 Å². The number of anilines is 1. The van der Waals surface area contributed by atoms with Crippen molar-refractivity contribution in [3.05, 3.63) is 83.0 Å². The van der Waals surface area contributed by atoms with Gasteiger partial charge in [-0.1, -0.05) is 54.2 Å². The number of nitrogens with zero attached hydrogens (tertiary/aromatic N) is 4. The summed E-state index contributed by atoms with van der Waals surface area (Å²) < 4.78 is 5.33. The Labute approximate surface area is 205 Å². The molecule has 178 valence electrons. The second-order valence-corrected chi connectivity index (χ2v) is 9.32. The van der Waals surface area contributed by atoms with Crippen LogP contribution in [-0.2, 0) is 23.6 Å². The van der Waals surface area contributed by atoms with Crippen molar-refractivity contribution in [2.45, 2.75) is 24.1 Å². The number of carbonyl (C=O) groups excluding carboxylic acids is 1. The average Bonchev–Trinajstić information content (AvgIpc) is 2.87. The predicted molar refractivity (Wildman–Crippen MR) is 136 cm³/mol. The van der Waals surface area contributed by atoms with Gasteiger partial charge in [0.25, 0.3) is 5.91 Å². The van der Waals surface area contributed by atoms with Crippen molar-refractivity contribution in [1.82, 2.24) is 20.2 Å². The number of piperazine rings is 1. The van der Waals surface area contributed by atoms with Crippen LogP contribution in [0.5, 0.6) is 0 Å². The summed E-state index contributed by atoms with van der Waals surface area (Å²) in [6, 6.07) is 19.7. The maximum Gasteiger partial charge on any atom is 0.251 e. The Morgan fingerprint density at radius 1 is 1.00 bits per heavy atom. The molecule has 0 saturated carbocycles. The van der Waals surface area contributed by atoms with E-state index in [1.54, 1.807) is 18.9 Å². The highest BCUT2D eigenvalue weighted by atomic mass is 32.2. The number of amides is 1. The highest BCUT2D eigenvalue weighted by Gasteiger charge is 2.17. The number of ether oxygens (including phenoxy) is 1. The second-order valence-electron chi connectivity index (χ2n) is 8.38. The Morgan fingerprint density at radius 3 is 2.53 bits per heavy atom. The van der Waals surface area contributed by atoms with Crippen LogP contribution in [-0.4, -0.2) is 61.1 Å². The van der Waals surface area contributed by atoms with Gasteiger partial charge in [-0.25, -0.2) is 9.97 Å². The lowest BCUT2D eigenvalue weighted by atomic mass is 10.1. The first-order valence-corrected chi connectivity index (χ1v) is 12.4. The summed E-state index contributed by atoms with van der Waals surface area (Å²) in [6.45, 7) is 4.90. The zero-order valence-corrected chi connectivity index (χ0v) is 20.6. The lowest BCUT2D eigenvalue weighted by Crippen LogP contribution is -2.44. The summed E-state index contributed by atoms with van der Waals surface area (Å²) in [5.41, 5.74) is 3.66. The SMILES string of the molecule is COCc1cc(N2CCN(C)CC2)nc(SCc2cccc(C(=O)NCc3ccccc3)c2)n1. The maximum absolute atomic E-state index is 12.6. The summed E-state index contributed by atoms with van der Waals surface area (Å²) in [4.78, 5) is 26.8. The van der Waals surface area contributed by atoms with Crippen molar-refractivity contribution in [1.29, 1.82) is 0 Å². The Hall–Kier alpha value is -2.94. The molecule has 8 heteroatoms. The zero-order chi connectivity index (χ0) is 23.8. The van der Waals surface area contributed by atoms with Crippen LogP contribution < -0.4 is 10.2 Å². The number of nitrogens with one attached hydrogen (secondary N) is 1. The van der Waals surface area contributed by atoms with Gasteiger partial charge >= 0.3 is 0 Å². The molecule has 0 atom stereocenters. The molecule has 1 amide bonds. The number of benzene rings is 2. The van der Waals surface area contributed by atoms with E-state index in [0.717, 1.165) is 54.0 Å². The van der Waals surface area contributed by atoms with Gasteiger partial charge in [0.2, 0.25) is 0 Å². The minimum absolute atomic E-state index is 0.0774. The topological polar surface area (TPSA) is 70.6 Å². The molecule has 34 heavy (non-hydrogen) atoms. The Balaban J connectivity index is 1.41. The number of thioether (sulfide) groups is 1. The lowest BCUT2D eigenvalue weighted by Gasteiger charge is -2.33. The molecule has 2 heterocycles. The van der Waals surface area contributed by atoms with Crippen LogP contribution in [0.4, 0.5) is 5.82 Å². The molecule has 3 aromatic rings. The molecule has 4 rings (SSSR count). The largest absolute Gasteiger partial charge is 0.378 e. The molecule has 1 aliphatic rings. The lowest BCUT2D eigenvalue weighted by molar-refractivity contribution is 0.0951. The summed E-state index contributed by atoms with van der Waals surface area (Å²) in [6.07, 6.45) is 0. The molecule has 1 aromatic heterocycles. The van der Waals surface area contributed by atoms with E-state index in [-0.39, 0.29) is 5.91 Å². The van der Waals surface area contributed by atoms with Crippen molar-refractivity contribution >= 4 is 23.5 Å². The molecule has 0 unspecified atom stereocenters. The third kappa shape index (κ3) is 6.79. The molecule has 0 aliphatic carbocycles. The fourth-order valence-corrected chi connectivity index (χ4v) is 4.59. The van der Waals surface area contributed by atoms with Crippen LogP contribution in [0.3, 0.4) is 0 Å². The number of methoxy groups -OCH3 is 1. The molecule has 1 aliphatic heterocycles. The van der Waals surface area contributed by atoms with Gasteiger partial charge in [0.05, 0.1) is 12.3 Å². The van der Waals surface area contributed by atoms with E-state index in [9.17, 15) is 4.79 Å². The summed E-state index contributed by atoms with van der Waals surface area (Å²) in [5.74, 6) is 1.55. The molecule has 1 N–H and O–H groups in total. The standard InChI is InChI=1S/C26H31N5O2S/c1-30-11-13-31(14-12-30)24-16-23(18-33-2)28-26(29-24)34-19-21-9-6-10-22(15-21)25(32)27-17-20-7-4-3-5-8-20/h3-10,15-16H,11-14,17-19H2,1-2H3,(H,27,32). The van der Waals surface area contributed by atoms with Crippen molar-refractivity contribution < 1.29 is 9.53 Å². The number of hydrogen-bond donors (Lipinski definition) is 1. The van der Waals surface area contributed by atoms with Gasteiger partial charge < -0.3 is 19.9 Å². The maximum atomic E-state index is 12.6. The molecule has 1 fully saturated rings. The fourth-order valence-electron chi connectivity index (χ4n) is 3.77. The van der Waals surface area contributed by atoms with E-state index < -0.39 is 0 Å². The smallest absolute Gasteiger partial charge is 0.251 e. The van der Waals surface area contributed by atoms with Gasteiger partial charge in [0.15, 0.2) is 5.16 Å². The summed E-state index contributed by atoms with van der Waals surface area (Å²) in [5, 5.41) is 3.72. The van der Waals surface area contributed by atoms with Gasteiger partial charge in [-0.05, 0) is 30.3 Å². The Bertz CT molecular complexity index is 1090. The van der Waals surface area contributed by atoms with Crippen LogP contribution in [0.15, 0.2) is 65.8 Å². The van der Waals surface area contributed by atoms with E-state index in [4.69, 9.17) is 9.72 Å². The Kier molecular flexibility index (Phi) is 8.51. The summed E-state index contributed by atoms with van der Waals surface area (Å²) >= 11 is 1.58. The van der Waals surface area contributed by atoms with Crippen molar-refractivity contribution in [3.63, 3.8) is 0 Å². The predicted octanol–water partition coefficient (Wildman–Crippen LogP) is 3.60. The van der Waals surface area contributed by atoms with Crippen LogP contribution in [0.2, 0.25) is 0 Å². The van der Waals surface area contributed by atoms with Crippen molar-refractivity contribution in [3.8, 4) is 0 Å². The third-order valence-electron chi connectivity index (χ3n) is 5.72. The first-order chi connectivity index (χ1) is 16.6. The number of aromatic nitrogens is 2. The Morgan fingerprint density at radius 2 is 1.76 bits per heavy atom. The minimum Gasteiger partial charge on any atom is -0.378 e. The highest BCUT2D eigenvalue weighted by Crippen LogP contribution is 2.24. The van der Waals surface area contributed by atoms with E-state index in [2.05, 4.69) is 27.1 Å². The third-order valence-corrected chi connectivity index (χ3v) is 6.64. The number of likely N-dealkylation sites (N-methyl/N-ethyl adjacent to an activating group) is 1. The molecule has 2 aromatic carbocycles. The van der Waals surface area contributed by atoms with Gasteiger partial charge in [0, 0.05) is 57.2 Å². The van der Waals surface area contributed by atoms with Crippen LogP contribution in [0.25, 0.3) is 0 Å². The van der Waals surface area contributed by atoms with Crippen LogP contribution in [0.1, 0.15) is 27.2 Å². The van der Waals surface area contributed by atoms with Crippen LogP contribution in [0, 0.1) is 0 Å². The first kappa shape index (κ1) is 24.2. The highest BCUT2D eigenvalue weighted by molar-refractivity contribution is 7.98.